The first kappa shape index (κ1) is 23.0. The van der Waals surface area contributed by atoms with Gasteiger partial charge in [-0.2, -0.15) is 0 Å². The zero-order chi connectivity index (χ0) is 21.4. The molecule has 0 saturated carbocycles. The van der Waals surface area contributed by atoms with Gasteiger partial charge in [0.2, 0.25) is 5.91 Å². The molecule has 1 aromatic heterocycles. The third-order valence-corrected chi connectivity index (χ3v) is 5.31. The SMILES string of the molecule is CCN(CC)C(CNC(=O)C(NC(=O)c1ccco1)C(C)C)c1ccccc1Cl. The van der Waals surface area contributed by atoms with E-state index in [0.29, 0.717) is 11.6 Å². The zero-order valence-corrected chi connectivity index (χ0v) is 18.2. The molecule has 0 fully saturated rings. The van der Waals surface area contributed by atoms with Gasteiger partial charge in [-0.25, -0.2) is 0 Å². The Balaban J connectivity index is 2.12. The third-order valence-electron chi connectivity index (χ3n) is 4.97. The first-order valence-electron chi connectivity index (χ1n) is 9.99. The van der Waals surface area contributed by atoms with E-state index in [1.165, 1.54) is 6.26 Å². The largest absolute Gasteiger partial charge is 0.459 e. The zero-order valence-electron chi connectivity index (χ0n) is 17.4. The maximum Gasteiger partial charge on any atom is 0.287 e. The maximum absolute atomic E-state index is 12.9. The lowest BCUT2D eigenvalue weighted by Crippen LogP contribution is -2.51. The smallest absolute Gasteiger partial charge is 0.287 e. The summed E-state index contributed by atoms with van der Waals surface area (Å²) in [7, 11) is 0. The van der Waals surface area contributed by atoms with Crippen molar-refractivity contribution in [1.29, 1.82) is 0 Å². The Labute approximate surface area is 177 Å². The standard InChI is InChI=1S/C22H30ClN3O3/c1-5-26(6-2)18(16-10-7-8-11-17(16)23)14-24-22(28)20(15(3)4)25-21(27)19-12-9-13-29-19/h7-13,15,18,20H,5-6,14H2,1-4H3,(H,24,28)(H,25,27). The van der Waals surface area contributed by atoms with Crippen molar-refractivity contribution < 1.29 is 14.0 Å². The van der Waals surface area contributed by atoms with Crippen LogP contribution in [0.1, 0.15) is 49.9 Å². The van der Waals surface area contributed by atoms with Gasteiger partial charge in [0.15, 0.2) is 5.76 Å². The van der Waals surface area contributed by atoms with Crippen LogP contribution < -0.4 is 10.6 Å². The predicted molar refractivity (Wildman–Crippen MR) is 115 cm³/mol. The number of likely N-dealkylation sites (N-methyl/N-ethyl adjacent to an activating group) is 1. The van der Waals surface area contributed by atoms with Gasteiger partial charge in [-0.15, -0.1) is 0 Å². The fraction of sp³-hybridized carbons (Fsp3) is 0.455. The van der Waals surface area contributed by atoms with Crippen molar-refractivity contribution in [3.05, 3.63) is 59.0 Å². The highest BCUT2D eigenvalue weighted by Gasteiger charge is 2.27. The number of furan rings is 1. The van der Waals surface area contributed by atoms with E-state index in [1.54, 1.807) is 12.1 Å². The van der Waals surface area contributed by atoms with Crippen LogP contribution in [0.3, 0.4) is 0 Å². The average molecular weight is 420 g/mol. The second-order valence-electron chi connectivity index (χ2n) is 7.18. The van der Waals surface area contributed by atoms with Crippen LogP contribution in [0.2, 0.25) is 5.02 Å². The minimum absolute atomic E-state index is 0.0590. The molecule has 0 spiro atoms. The van der Waals surface area contributed by atoms with Crippen molar-refractivity contribution >= 4 is 23.4 Å². The molecule has 0 aliphatic carbocycles. The van der Waals surface area contributed by atoms with Crippen LogP contribution in [0, 0.1) is 5.92 Å². The summed E-state index contributed by atoms with van der Waals surface area (Å²) in [4.78, 5) is 27.5. The van der Waals surface area contributed by atoms with E-state index in [9.17, 15) is 9.59 Å². The second kappa shape index (κ2) is 11.0. The highest BCUT2D eigenvalue weighted by molar-refractivity contribution is 6.31. The molecule has 0 aliphatic rings. The molecule has 1 heterocycles. The fourth-order valence-corrected chi connectivity index (χ4v) is 3.57. The van der Waals surface area contributed by atoms with Gasteiger partial charge in [0.05, 0.1) is 12.3 Å². The van der Waals surface area contributed by atoms with Crippen LogP contribution in [0.15, 0.2) is 47.1 Å². The van der Waals surface area contributed by atoms with Crippen LogP contribution in [-0.4, -0.2) is 42.4 Å². The van der Waals surface area contributed by atoms with Gasteiger partial charge in [-0.3, -0.25) is 14.5 Å². The van der Waals surface area contributed by atoms with Gasteiger partial charge >= 0.3 is 0 Å². The Morgan fingerprint density at radius 3 is 2.34 bits per heavy atom. The molecule has 0 radical (unpaired) electrons. The molecule has 1 aromatic carbocycles. The summed E-state index contributed by atoms with van der Waals surface area (Å²) in [6.45, 7) is 9.98. The molecule has 0 saturated heterocycles. The molecule has 2 unspecified atom stereocenters. The van der Waals surface area contributed by atoms with E-state index in [2.05, 4.69) is 29.4 Å². The predicted octanol–water partition coefficient (Wildman–Crippen LogP) is 3.89. The number of amides is 2. The number of carbonyl (C=O) groups excluding carboxylic acids is 2. The highest BCUT2D eigenvalue weighted by Crippen LogP contribution is 2.27. The molecule has 158 valence electrons. The van der Waals surface area contributed by atoms with E-state index in [-0.39, 0.29) is 23.6 Å². The lowest BCUT2D eigenvalue weighted by atomic mass is 10.0. The summed E-state index contributed by atoms with van der Waals surface area (Å²) in [5, 5.41) is 6.44. The van der Waals surface area contributed by atoms with E-state index in [1.807, 2.05) is 38.1 Å². The van der Waals surface area contributed by atoms with Gasteiger partial charge < -0.3 is 15.1 Å². The number of halogens is 1. The summed E-state index contributed by atoms with van der Waals surface area (Å²) < 4.78 is 5.12. The van der Waals surface area contributed by atoms with Crippen LogP contribution in [0.5, 0.6) is 0 Å². The molecule has 6 nitrogen and oxygen atoms in total. The molecular formula is C22H30ClN3O3. The number of carbonyl (C=O) groups is 2. The minimum Gasteiger partial charge on any atom is -0.459 e. The van der Waals surface area contributed by atoms with Gasteiger partial charge in [0.25, 0.3) is 5.91 Å². The van der Waals surface area contributed by atoms with Crippen molar-refractivity contribution in [2.24, 2.45) is 5.92 Å². The topological polar surface area (TPSA) is 74.6 Å². The summed E-state index contributed by atoms with van der Waals surface area (Å²) >= 11 is 6.42. The molecule has 0 aliphatic heterocycles. The number of nitrogens with one attached hydrogen (secondary N) is 2. The number of hydrogen-bond acceptors (Lipinski definition) is 4. The Hall–Kier alpha value is -2.31. The quantitative estimate of drug-likeness (QED) is 0.612. The van der Waals surface area contributed by atoms with Crippen molar-refractivity contribution in [3.8, 4) is 0 Å². The van der Waals surface area contributed by atoms with E-state index >= 15 is 0 Å². The monoisotopic (exact) mass is 419 g/mol. The molecule has 2 N–H and O–H groups in total. The third kappa shape index (κ3) is 6.08. The Bertz CT molecular complexity index is 788. The number of nitrogens with zero attached hydrogens (tertiary/aromatic N) is 1. The molecular weight excluding hydrogens is 390 g/mol. The number of rotatable bonds is 10. The molecule has 7 heteroatoms. The van der Waals surface area contributed by atoms with Gasteiger partial charge in [-0.1, -0.05) is 57.5 Å². The first-order chi connectivity index (χ1) is 13.9. The summed E-state index contributed by atoms with van der Waals surface area (Å²) in [6, 6.07) is 10.2. The van der Waals surface area contributed by atoms with Crippen LogP contribution in [-0.2, 0) is 4.79 Å². The van der Waals surface area contributed by atoms with Gasteiger partial charge in [-0.05, 0) is 42.8 Å². The molecule has 2 aromatic rings. The minimum atomic E-state index is -0.670. The fourth-order valence-electron chi connectivity index (χ4n) is 3.31. The maximum atomic E-state index is 12.9. The number of benzene rings is 1. The molecule has 29 heavy (non-hydrogen) atoms. The summed E-state index contributed by atoms with van der Waals surface area (Å²) in [6.07, 6.45) is 1.43. The Kier molecular flexibility index (Phi) is 8.73. The van der Waals surface area contributed by atoms with Gasteiger partial charge in [0, 0.05) is 11.6 Å². The van der Waals surface area contributed by atoms with Gasteiger partial charge in [0.1, 0.15) is 6.04 Å². The van der Waals surface area contributed by atoms with Crippen molar-refractivity contribution in [3.63, 3.8) is 0 Å². The average Bonchev–Trinajstić information content (AvgIpc) is 3.24. The lowest BCUT2D eigenvalue weighted by Gasteiger charge is -2.31. The van der Waals surface area contributed by atoms with Crippen molar-refractivity contribution in [1.82, 2.24) is 15.5 Å². The van der Waals surface area contributed by atoms with Crippen LogP contribution in [0.25, 0.3) is 0 Å². The number of hydrogen-bond donors (Lipinski definition) is 2. The Morgan fingerprint density at radius 2 is 1.79 bits per heavy atom. The molecule has 2 rings (SSSR count). The van der Waals surface area contributed by atoms with E-state index < -0.39 is 11.9 Å². The summed E-state index contributed by atoms with van der Waals surface area (Å²) in [5.41, 5.74) is 0.971. The Morgan fingerprint density at radius 1 is 1.10 bits per heavy atom. The van der Waals surface area contributed by atoms with Crippen LogP contribution in [0.4, 0.5) is 0 Å². The molecule has 2 atom stereocenters. The molecule has 0 bridgehead atoms. The van der Waals surface area contributed by atoms with E-state index in [0.717, 1.165) is 18.7 Å². The second-order valence-corrected chi connectivity index (χ2v) is 7.58. The van der Waals surface area contributed by atoms with Crippen molar-refractivity contribution in [2.45, 2.75) is 39.8 Å². The van der Waals surface area contributed by atoms with Crippen molar-refractivity contribution in [2.75, 3.05) is 19.6 Å². The van der Waals surface area contributed by atoms with Crippen LogP contribution >= 0.6 is 11.6 Å². The first-order valence-corrected chi connectivity index (χ1v) is 10.4. The highest BCUT2D eigenvalue weighted by atomic mass is 35.5. The lowest BCUT2D eigenvalue weighted by molar-refractivity contribution is -0.124. The summed E-state index contributed by atoms with van der Waals surface area (Å²) in [5.74, 6) is -0.541. The molecule has 2 amide bonds. The van der Waals surface area contributed by atoms with E-state index in [4.69, 9.17) is 16.0 Å². The normalized spacial score (nSPS) is 13.3.